The van der Waals surface area contributed by atoms with E-state index in [0.29, 0.717) is 5.69 Å². The monoisotopic (exact) mass is 349 g/mol. The number of sulfonamides is 1. The largest absolute Gasteiger partial charge is 0.326 e. The molecule has 3 N–H and O–H groups in total. The topological polar surface area (TPSA) is 85.1 Å². The Morgan fingerprint density at radius 2 is 2.19 bits per heavy atom. The molecule has 2 rings (SSSR count). The molecule has 0 saturated carbocycles. The van der Waals surface area contributed by atoms with Crippen LogP contribution in [0.2, 0.25) is 5.02 Å². The van der Waals surface area contributed by atoms with E-state index in [0.717, 1.165) is 11.1 Å². The van der Waals surface area contributed by atoms with E-state index in [-0.39, 0.29) is 28.6 Å². The second-order valence-electron chi connectivity index (χ2n) is 4.26. The fourth-order valence-corrected chi connectivity index (χ4v) is 3.52. The van der Waals surface area contributed by atoms with Gasteiger partial charge < -0.3 is 5.73 Å². The summed E-state index contributed by atoms with van der Waals surface area (Å²) in [5.41, 5.74) is 6.27. The Kier molecular flexibility index (Phi) is 4.95. The molecular weight excluding hydrogens is 337 g/mol. The molecule has 9 heteroatoms. The van der Waals surface area contributed by atoms with E-state index in [1.54, 1.807) is 5.38 Å². The van der Waals surface area contributed by atoms with Crippen LogP contribution in [0.3, 0.4) is 0 Å². The minimum Gasteiger partial charge on any atom is -0.326 e. The quantitative estimate of drug-likeness (QED) is 0.866. The van der Waals surface area contributed by atoms with Gasteiger partial charge in [0.2, 0.25) is 10.0 Å². The Bertz CT molecular complexity index is 762. The molecule has 0 unspecified atom stereocenters. The van der Waals surface area contributed by atoms with Gasteiger partial charge in [-0.1, -0.05) is 11.6 Å². The number of halogens is 2. The number of hydrogen-bond acceptors (Lipinski definition) is 5. The highest BCUT2D eigenvalue weighted by molar-refractivity contribution is 7.89. The highest BCUT2D eigenvalue weighted by Crippen LogP contribution is 2.24. The fraction of sp³-hybridized carbons (Fsp3) is 0.250. The van der Waals surface area contributed by atoms with Gasteiger partial charge in [-0.15, -0.1) is 11.3 Å². The third kappa shape index (κ3) is 3.78. The van der Waals surface area contributed by atoms with E-state index in [1.165, 1.54) is 17.4 Å². The molecule has 0 radical (unpaired) electrons. The summed E-state index contributed by atoms with van der Waals surface area (Å²) in [7, 11) is -3.86. The van der Waals surface area contributed by atoms with E-state index in [4.69, 9.17) is 17.3 Å². The summed E-state index contributed by atoms with van der Waals surface area (Å²) in [4.78, 5) is 3.94. The first-order valence-electron chi connectivity index (χ1n) is 5.92. The number of rotatable bonds is 5. The van der Waals surface area contributed by atoms with Crippen molar-refractivity contribution in [2.45, 2.75) is 24.9 Å². The predicted molar refractivity (Wildman–Crippen MR) is 80.2 cm³/mol. The molecule has 0 aliphatic heterocycles. The van der Waals surface area contributed by atoms with Crippen LogP contribution in [0.25, 0.3) is 0 Å². The van der Waals surface area contributed by atoms with Gasteiger partial charge in [0.25, 0.3) is 0 Å². The van der Waals surface area contributed by atoms with Crippen molar-refractivity contribution in [2.75, 3.05) is 0 Å². The lowest BCUT2D eigenvalue weighted by Gasteiger charge is -2.09. The zero-order valence-electron chi connectivity index (χ0n) is 11.1. The van der Waals surface area contributed by atoms with Crippen molar-refractivity contribution in [3.8, 4) is 0 Å². The zero-order chi connectivity index (χ0) is 15.6. The van der Waals surface area contributed by atoms with Gasteiger partial charge in [0.15, 0.2) is 0 Å². The maximum absolute atomic E-state index is 13.6. The van der Waals surface area contributed by atoms with Gasteiger partial charge in [-0.05, 0) is 24.6 Å². The standard InChI is InChI=1S/C12H13ClFN3O2S2/c1-7-17-9(6-20-7)5-16-21(18,19)10-2-8(4-15)12(13)11(14)3-10/h2-3,6,16H,4-5,15H2,1H3. The van der Waals surface area contributed by atoms with Crippen molar-refractivity contribution < 1.29 is 12.8 Å². The molecule has 1 aromatic carbocycles. The average Bonchev–Trinajstić information content (AvgIpc) is 2.85. The van der Waals surface area contributed by atoms with Crippen LogP contribution in [0.5, 0.6) is 0 Å². The number of nitrogens with zero attached hydrogens (tertiary/aromatic N) is 1. The van der Waals surface area contributed by atoms with Crippen LogP contribution >= 0.6 is 22.9 Å². The maximum atomic E-state index is 13.6. The molecule has 0 fully saturated rings. The van der Waals surface area contributed by atoms with Crippen LogP contribution < -0.4 is 10.5 Å². The molecule has 0 bridgehead atoms. The van der Waals surface area contributed by atoms with E-state index in [1.807, 2.05) is 6.92 Å². The lowest BCUT2D eigenvalue weighted by Crippen LogP contribution is -2.24. The van der Waals surface area contributed by atoms with Crippen molar-refractivity contribution >= 4 is 33.0 Å². The maximum Gasteiger partial charge on any atom is 0.241 e. The zero-order valence-corrected chi connectivity index (χ0v) is 13.4. The smallest absolute Gasteiger partial charge is 0.241 e. The van der Waals surface area contributed by atoms with Gasteiger partial charge in [-0.3, -0.25) is 0 Å². The molecule has 1 heterocycles. The van der Waals surface area contributed by atoms with Crippen LogP contribution in [0.1, 0.15) is 16.3 Å². The first-order chi connectivity index (χ1) is 9.83. The van der Waals surface area contributed by atoms with Gasteiger partial charge in [-0.2, -0.15) is 0 Å². The van der Waals surface area contributed by atoms with Gasteiger partial charge >= 0.3 is 0 Å². The molecule has 1 aromatic heterocycles. The van der Waals surface area contributed by atoms with Gasteiger partial charge in [-0.25, -0.2) is 22.5 Å². The summed E-state index contributed by atoms with van der Waals surface area (Å²) in [6.45, 7) is 1.81. The summed E-state index contributed by atoms with van der Waals surface area (Å²) < 4.78 is 40.3. The Labute approximate surface area is 131 Å². The van der Waals surface area contributed by atoms with E-state index in [2.05, 4.69) is 9.71 Å². The molecule has 0 aliphatic carbocycles. The predicted octanol–water partition coefficient (Wildman–Crippen LogP) is 2.18. The molecule has 0 aliphatic rings. The first-order valence-corrected chi connectivity index (χ1v) is 8.66. The first kappa shape index (κ1) is 16.3. The third-order valence-corrected chi connectivity index (χ3v) is 5.34. The van der Waals surface area contributed by atoms with Crippen molar-refractivity contribution in [1.82, 2.24) is 9.71 Å². The number of benzene rings is 1. The normalized spacial score (nSPS) is 11.8. The number of hydrogen-bond donors (Lipinski definition) is 2. The summed E-state index contributed by atoms with van der Waals surface area (Å²) in [6, 6.07) is 2.14. The summed E-state index contributed by atoms with van der Waals surface area (Å²) >= 11 is 7.13. The molecule has 2 aromatic rings. The van der Waals surface area contributed by atoms with Crippen LogP contribution in [0, 0.1) is 12.7 Å². The highest BCUT2D eigenvalue weighted by Gasteiger charge is 2.18. The number of aryl methyl sites for hydroxylation is 1. The van der Waals surface area contributed by atoms with Crippen molar-refractivity contribution in [1.29, 1.82) is 0 Å². The Morgan fingerprint density at radius 3 is 2.76 bits per heavy atom. The Morgan fingerprint density at radius 1 is 1.48 bits per heavy atom. The molecule has 5 nitrogen and oxygen atoms in total. The minimum absolute atomic E-state index is 0.0366. The third-order valence-electron chi connectivity index (χ3n) is 2.72. The molecule has 114 valence electrons. The number of aromatic nitrogens is 1. The highest BCUT2D eigenvalue weighted by atomic mass is 35.5. The van der Waals surface area contributed by atoms with E-state index in [9.17, 15) is 12.8 Å². The second kappa shape index (κ2) is 6.37. The fourth-order valence-electron chi connectivity index (χ4n) is 1.66. The molecular formula is C12H13ClFN3O2S2. The van der Waals surface area contributed by atoms with Gasteiger partial charge in [0.1, 0.15) is 5.82 Å². The van der Waals surface area contributed by atoms with Crippen LogP contribution in [-0.2, 0) is 23.1 Å². The Hall–Kier alpha value is -1.06. The average molecular weight is 350 g/mol. The minimum atomic E-state index is -3.86. The molecule has 0 saturated heterocycles. The van der Waals surface area contributed by atoms with E-state index < -0.39 is 15.8 Å². The summed E-state index contributed by atoms with van der Waals surface area (Å²) in [5.74, 6) is -0.815. The van der Waals surface area contributed by atoms with Crippen molar-refractivity contribution in [3.63, 3.8) is 0 Å². The van der Waals surface area contributed by atoms with Crippen molar-refractivity contribution in [2.24, 2.45) is 5.73 Å². The summed E-state index contributed by atoms with van der Waals surface area (Å²) in [5, 5.41) is 2.43. The summed E-state index contributed by atoms with van der Waals surface area (Å²) in [6.07, 6.45) is 0. The van der Waals surface area contributed by atoms with E-state index >= 15 is 0 Å². The lowest BCUT2D eigenvalue weighted by atomic mass is 10.2. The second-order valence-corrected chi connectivity index (χ2v) is 7.47. The molecule has 21 heavy (non-hydrogen) atoms. The molecule has 0 spiro atoms. The van der Waals surface area contributed by atoms with Crippen LogP contribution in [0.15, 0.2) is 22.4 Å². The SMILES string of the molecule is Cc1nc(CNS(=O)(=O)c2cc(F)c(Cl)c(CN)c2)cs1. The number of nitrogens with one attached hydrogen (secondary N) is 1. The van der Waals surface area contributed by atoms with Gasteiger partial charge in [0, 0.05) is 11.9 Å². The lowest BCUT2D eigenvalue weighted by molar-refractivity contribution is 0.576. The number of thiazole rings is 1. The van der Waals surface area contributed by atoms with Crippen LogP contribution in [0.4, 0.5) is 4.39 Å². The molecule has 0 atom stereocenters. The van der Waals surface area contributed by atoms with Crippen LogP contribution in [-0.4, -0.2) is 13.4 Å². The Balaban J connectivity index is 2.25. The molecule has 0 amide bonds. The number of nitrogens with two attached hydrogens (primary N) is 1. The van der Waals surface area contributed by atoms with Gasteiger partial charge in [0.05, 0.1) is 27.2 Å². The van der Waals surface area contributed by atoms with Crippen molar-refractivity contribution in [3.05, 3.63) is 44.6 Å².